The van der Waals surface area contributed by atoms with Gasteiger partial charge in [0.1, 0.15) is 5.37 Å². The van der Waals surface area contributed by atoms with Crippen LogP contribution in [0, 0.1) is 0 Å². The second-order valence-electron chi connectivity index (χ2n) is 5.61. The summed E-state index contributed by atoms with van der Waals surface area (Å²) in [5.41, 5.74) is 9.17. The first-order valence-corrected chi connectivity index (χ1v) is 9.98. The molecule has 3 rings (SSSR count). The topological polar surface area (TPSA) is 63.4 Å². The van der Waals surface area contributed by atoms with E-state index in [1.807, 2.05) is 12.1 Å². The van der Waals surface area contributed by atoms with Crippen molar-refractivity contribution < 1.29 is 8.42 Å². The molecule has 2 atom stereocenters. The zero-order valence-electron chi connectivity index (χ0n) is 11.6. The first-order valence-electron chi connectivity index (χ1n) is 6.87. The van der Waals surface area contributed by atoms with E-state index in [9.17, 15) is 8.42 Å². The quantitative estimate of drug-likeness (QED) is 0.842. The van der Waals surface area contributed by atoms with Gasteiger partial charge in [-0.05, 0) is 36.1 Å². The number of sulfone groups is 1. The molecule has 1 aromatic rings. The van der Waals surface area contributed by atoms with Gasteiger partial charge in [-0.25, -0.2) is 8.42 Å². The van der Waals surface area contributed by atoms with E-state index in [0.29, 0.717) is 5.75 Å². The lowest BCUT2D eigenvalue weighted by Gasteiger charge is -2.38. The molecule has 0 saturated carbocycles. The number of nitrogen functional groups attached to an aromatic ring is 1. The van der Waals surface area contributed by atoms with E-state index < -0.39 is 9.84 Å². The zero-order valence-corrected chi connectivity index (χ0v) is 13.2. The molecule has 1 fully saturated rings. The van der Waals surface area contributed by atoms with Gasteiger partial charge < -0.3 is 5.73 Å². The van der Waals surface area contributed by atoms with Crippen LogP contribution >= 0.6 is 11.8 Å². The number of hydrogen-bond donors (Lipinski definition) is 1. The van der Waals surface area contributed by atoms with Gasteiger partial charge in [0.2, 0.25) is 0 Å². The van der Waals surface area contributed by atoms with Crippen molar-refractivity contribution in [2.75, 3.05) is 30.0 Å². The number of hydrogen-bond acceptors (Lipinski definition) is 5. The maximum absolute atomic E-state index is 12.0. The lowest BCUT2D eigenvalue weighted by Crippen LogP contribution is -2.48. The Hall–Kier alpha value is -0.720. The highest BCUT2D eigenvalue weighted by molar-refractivity contribution is 8.00. The Labute approximate surface area is 124 Å². The minimum atomic E-state index is -3.04. The minimum absolute atomic E-state index is 0.228. The standard InChI is InChI=1S/C14H20N2O2S2/c1-20(17,18)14-9-19-7-6-16(14)13-5-2-10-8-11(15)3-4-12(10)13/h3-4,8,13-14H,2,5-7,9,15H2,1H3. The minimum Gasteiger partial charge on any atom is -0.399 e. The molecule has 1 saturated heterocycles. The fourth-order valence-electron chi connectivity index (χ4n) is 3.28. The van der Waals surface area contributed by atoms with E-state index in [2.05, 4.69) is 11.0 Å². The van der Waals surface area contributed by atoms with E-state index in [-0.39, 0.29) is 11.4 Å². The molecule has 6 heteroatoms. The van der Waals surface area contributed by atoms with Crippen LogP contribution in [0.25, 0.3) is 0 Å². The molecule has 2 unspecified atom stereocenters. The summed E-state index contributed by atoms with van der Waals surface area (Å²) in [5.74, 6) is 1.69. The van der Waals surface area contributed by atoms with Crippen LogP contribution in [0.5, 0.6) is 0 Å². The molecule has 4 nitrogen and oxygen atoms in total. The van der Waals surface area contributed by atoms with E-state index >= 15 is 0 Å². The Morgan fingerprint density at radius 3 is 2.95 bits per heavy atom. The van der Waals surface area contributed by atoms with Crippen molar-refractivity contribution in [1.29, 1.82) is 0 Å². The lowest BCUT2D eigenvalue weighted by atomic mass is 10.1. The first-order chi connectivity index (χ1) is 9.47. The molecule has 0 bridgehead atoms. The number of thioether (sulfide) groups is 1. The van der Waals surface area contributed by atoms with Gasteiger partial charge in [0, 0.05) is 36.0 Å². The molecular weight excluding hydrogens is 292 g/mol. The molecule has 1 aliphatic carbocycles. The summed E-state index contributed by atoms with van der Waals surface area (Å²) >= 11 is 1.74. The van der Waals surface area contributed by atoms with Gasteiger partial charge in [0.25, 0.3) is 0 Å². The van der Waals surface area contributed by atoms with Crippen molar-refractivity contribution in [2.24, 2.45) is 0 Å². The fourth-order valence-corrected chi connectivity index (χ4v) is 6.20. The van der Waals surface area contributed by atoms with Crippen molar-refractivity contribution in [3.05, 3.63) is 29.3 Å². The molecule has 1 aliphatic heterocycles. The van der Waals surface area contributed by atoms with Crippen molar-refractivity contribution in [3.8, 4) is 0 Å². The summed E-state index contributed by atoms with van der Waals surface area (Å²) < 4.78 is 24.1. The lowest BCUT2D eigenvalue weighted by molar-refractivity contribution is 0.193. The van der Waals surface area contributed by atoms with Gasteiger partial charge in [-0.1, -0.05) is 6.07 Å². The Kier molecular flexibility index (Phi) is 3.73. The van der Waals surface area contributed by atoms with Crippen LogP contribution < -0.4 is 5.73 Å². The molecule has 0 spiro atoms. The van der Waals surface area contributed by atoms with Crippen LogP contribution in [0.2, 0.25) is 0 Å². The van der Waals surface area contributed by atoms with Gasteiger partial charge >= 0.3 is 0 Å². The molecule has 0 amide bonds. The molecule has 1 aromatic carbocycles. The average Bonchev–Trinajstić information content (AvgIpc) is 2.80. The number of anilines is 1. The summed E-state index contributed by atoms with van der Waals surface area (Å²) in [7, 11) is -3.04. The van der Waals surface area contributed by atoms with Crippen molar-refractivity contribution >= 4 is 27.3 Å². The maximum Gasteiger partial charge on any atom is 0.164 e. The Morgan fingerprint density at radius 2 is 2.20 bits per heavy atom. The van der Waals surface area contributed by atoms with E-state index in [1.165, 1.54) is 17.4 Å². The Bertz CT molecular complexity index is 616. The van der Waals surface area contributed by atoms with Gasteiger partial charge in [0.05, 0.1) is 0 Å². The zero-order chi connectivity index (χ0) is 14.3. The van der Waals surface area contributed by atoms with Crippen molar-refractivity contribution in [3.63, 3.8) is 0 Å². The third-order valence-electron chi connectivity index (χ3n) is 4.23. The number of rotatable bonds is 2. The number of nitrogens with two attached hydrogens (primary N) is 1. The molecule has 0 aromatic heterocycles. The van der Waals surface area contributed by atoms with Crippen LogP contribution in [0.3, 0.4) is 0 Å². The van der Waals surface area contributed by atoms with Crippen molar-refractivity contribution in [2.45, 2.75) is 24.3 Å². The van der Waals surface area contributed by atoms with E-state index in [0.717, 1.165) is 30.8 Å². The van der Waals surface area contributed by atoms with E-state index in [1.54, 1.807) is 11.8 Å². The summed E-state index contributed by atoms with van der Waals surface area (Å²) in [4.78, 5) is 2.19. The number of fused-ring (bicyclic) bond motifs is 1. The predicted octanol–water partition coefficient (Wildman–Crippen LogP) is 1.68. The Morgan fingerprint density at radius 1 is 1.40 bits per heavy atom. The van der Waals surface area contributed by atoms with Crippen LogP contribution in [0.15, 0.2) is 18.2 Å². The third-order valence-corrected chi connectivity index (χ3v) is 6.89. The monoisotopic (exact) mass is 312 g/mol. The van der Waals surface area contributed by atoms with Crippen LogP contribution in [0.4, 0.5) is 5.69 Å². The van der Waals surface area contributed by atoms with Crippen LogP contribution in [-0.2, 0) is 16.3 Å². The molecule has 1 heterocycles. The highest BCUT2D eigenvalue weighted by Gasteiger charge is 2.38. The van der Waals surface area contributed by atoms with E-state index in [4.69, 9.17) is 5.73 Å². The van der Waals surface area contributed by atoms with Gasteiger partial charge in [-0.15, -0.1) is 0 Å². The molecular formula is C14H20N2O2S2. The summed E-state index contributed by atoms with van der Waals surface area (Å²) in [6, 6.07) is 6.25. The highest BCUT2D eigenvalue weighted by atomic mass is 32.2. The third kappa shape index (κ3) is 2.56. The van der Waals surface area contributed by atoms with Gasteiger partial charge in [0.15, 0.2) is 9.84 Å². The van der Waals surface area contributed by atoms with Gasteiger partial charge in [-0.2, -0.15) is 11.8 Å². The number of aryl methyl sites for hydroxylation is 1. The van der Waals surface area contributed by atoms with Gasteiger partial charge in [-0.3, -0.25) is 4.90 Å². The molecule has 2 aliphatic rings. The summed E-state index contributed by atoms with van der Waals surface area (Å²) in [6.07, 6.45) is 3.34. The maximum atomic E-state index is 12.0. The smallest absolute Gasteiger partial charge is 0.164 e. The SMILES string of the molecule is CS(=O)(=O)C1CSCCN1C1CCc2cc(N)ccc21. The summed E-state index contributed by atoms with van der Waals surface area (Å²) in [5, 5.41) is -0.352. The van der Waals surface area contributed by atoms with Crippen LogP contribution in [0.1, 0.15) is 23.6 Å². The molecule has 20 heavy (non-hydrogen) atoms. The normalized spacial score (nSPS) is 27.4. The Balaban J connectivity index is 1.93. The summed E-state index contributed by atoms with van der Waals surface area (Å²) in [6.45, 7) is 0.844. The molecule has 2 N–H and O–H groups in total. The largest absolute Gasteiger partial charge is 0.399 e. The highest BCUT2D eigenvalue weighted by Crippen LogP contribution is 2.40. The number of nitrogens with zero attached hydrogens (tertiary/aromatic N) is 1. The number of benzene rings is 1. The van der Waals surface area contributed by atoms with Crippen LogP contribution in [-0.4, -0.2) is 43.0 Å². The predicted molar refractivity (Wildman–Crippen MR) is 84.6 cm³/mol. The fraction of sp³-hybridized carbons (Fsp3) is 0.571. The second-order valence-corrected chi connectivity index (χ2v) is 8.96. The average molecular weight is 312 g/mol. The molecule has 0 radical (unpaired) electrons. The first kappa shape index (κ1) is 14.2. The van der Waals surface area contributed by atoms with Crippen molar-refractivity contribution in [1.82, 2.24) is 4.90 Å². The molecule has 110 valence electrons. The second kappa shape index (κ2) is 5.24.